The van der Waals surface area contributed by atoms with Gasteiger partial charge in [0, 0.05) is 25.2 Å². The predicted octanol–water partition coefficient (Wildman–Crippen LogP) is 2.59. The number of rotatable bonds is 10. The Morgan fingerprint density at radius 2 is 2.14 bits per heavy atom. The molecule has 10 nitrogen and oxygen atoms in total. The summed E-state index contributed by atoms with van der Waals surface area (Å²) in [4.78, 5) is 41.6. The van der Waals surface area contributed by atoms with Crippen LogP contribution in [0.1, 0.15) is 33.1 Å². The fourth-order valence-electron chi connectivity index (χ4n) is 4.35. The number of aromatic nitrogens is 4. The van der Waals surface area contributed by atoms with Crippen molar-refractivity contribution in [2.45, 2.75) is 51.9 Å². The molecule has 0 radical (unpaired) electrons. The number of hydrogen-bond acceptors (Lipinski definition) is 8. The molecular weight excluding hydrogens is 479 g/mol. The second kappa shape index (κ2) is 12.1. The predicted molar refractivity (Wildman–Crippen MR) is 138 cm³/mol. The maximum Gasteiger partial charge on any atom is 0.263 e. The third-order valence-corrected chi connectivity index (χ3v) is 6.03. The second-order valence-corrected chi connectivity index (χ2v) is 9.40. The van der Waals surface area contributed by atoms with Gasteiger partial charge in [-0.05, 0) is 51.8 Å². The average molecular weight is 513 g/mol. The summed E-state index contributed by atoms with van der Waals surface area (Å²) in [5.74, 6) is 0.673. The van der Waals surface area contributed by atoms with E-state index in [0.29, 0.717) is 36.9 Å². The van der Waals surface area contributed by atoms with Crippen molar-refractivity contribution in [3.05, 3.63) is 40.8 Å². The third kappa shape index (κ3) is 6.79. The van der Waals surface area contributed by atoms with E-state index in [0.717, 1.165) is 25.9 Å². The summed E-state index contributed by atoms with van der Waals surface area (Å²) in [6.07, 6.45) is 3.00. The van der Waals surface area contributed by atoms with Crippen LogP contribution in [0.15, 0.2) is 35.3 Å². The lowest BCUT2D eigenvalue weighted by Crippen LogP contribution is -2.37. The number of nitrogens with one attached hydrogen (secondary N) is 1. The molecular formula is C26H33FN6O4. The molecule has 1 aliphatic rings. The van der Waals surface area contributed by atoms with E-state index in [4.69, 9.17) is 9.47 Å². The van der Waals surface area contributed by atoms with Gasteiger partial charge < -0.3 is 19.7 Å². The Balaban J connectivity index is 1.59. The lowest BCUT2D eigenvalue weighted by molar-refractivity contribution is -0.122. The Morgan fingerprint density at radius 1 is 1.30 bits per heavy atom. The van der Waals surface area contributed by atoms with E-state index in [1.165, 1.54) is 17.9 Å². The number of pyridine rings is 2. The standard InChI is InChI=1S/C26H33FN6O4/c1-17(2)29-22(34)16-33-25(21-8-4-9-23(30-21)36-3)31-24-20(26(33)35)13-19(14-28-24)37-12-6-11-32-10-5-7-18(27)15-32/h4,8-9,13-14,17-18H,5-7,10-12,15-16H2,1-3H3,(H,29,34). The number of hydrogen-bond donors (Lipinski definition) is 1. The molecule has 4 heterocycles. The Hall–Kier alpha value is -3.60. The summed E-state index contributed by atoms with van der Waals surface area (Å²) in [7, 11) is 1.50. The number of likely N-dealkylation sites (tertiary alicyclic amines) is 1. The van der Waals surface area contributed by atoms with Gasteiger partial charge in [0.2, 0.25) is 11.8 Å². The summed E-state index contributed by atoms with van der Waals surface area (Å²) in [5.41, 5.74) is 0.176. The van der Waals surface area contributed by atoms with E-state index >= 15 is 0 Å². The van der Waals surface area contributed by atoms with Gasteiger partial charge in [-0.1, -0.05) is 6.07 Å². The fourth-order valence-corrected chi connectivity index (χ4v) is 4.35. The lowest BCUT2D eigenvalue weighted by Gasteiger charge is -2.28. The van der Waals surface area contributed by atoms with E-state index in [2.05, 4.69) is 25.2 Å². The SMILES string of the molecule is COc1cccc(-c2nc3ncc(OCCCN4CCCC(F)C4)cc3c(=O)n2CC(=O)NC(C)C)n1. The Labute approximate surface area is 214 Å². The molecule has 0 saturated carbocycles. The molecule has 0 spiro atoms. The lowest BCUT2D eigenvalue weighted by atomic mass is 10.1. The van der Waals surface area contributed by atoms with Crippen LogP contribution in [0, 0.1) is 0 Å². The van der Waals surface area contributed by atoms with Crippen molar-refractivity contribution in [2.75, 3.05) is 33.4 Å². The number of halogens is 1. The van der Waals surface area contributed by atoms with Crippen molar-refractivity contribution in [3.63, 3.8) is 0 Å². The number of methoxy groups -OCH3 is 1. The number of carbonyl (C=O) groups excluding carboxylic acids is 1. The van der Waals surface area contributed by atoms with Gasteiger partial charge in [0.05, 0.1) is 25.3 Å². The third-order valence-electron chi connectivity index (χ3n) is 6.03. The molecule has 0 aliphatic carbocycles. The van der Waals surface area contributed by atoms with E-state index in [-0.39, 0.29) is 35.4 Å². The summed E-state index contributed by atoms with van der Waals surface area (Å²) >= 11 is 0. The molecule has 1 saturated heterocycles. The average Bonchev–Trinajstić information content (AvgIpc) is 2.88. The van der Waals surface area contributed by atoms with Crippen LogP contribution in [0.2, 0.25) is 0 Å². The first kappa shape index (κ1) is 26.5. The molecule has 0 bridgehead atoms. The molecule has 1 unspecified atom stereocenters. The molecule has 11 heteroatoms. The molecule has 3 aromatic rings. The van der Waals surface area contributed by atoms with Crippen molar-refractivity contribution in [1.29, 1.82) is 0 Å². The van der Waals surface area contributed by atoms with Crippen molar-refractivity contribution >= 4 is 16.9 Å². The van der Waals surface area contributed by atoms with E-state index in [1.807, 2.05) is 13.8 Å². The van der Waals surface area contributed by atoms with Gasteiger partial charge in [-0.25, -0.2) is 19.3 Å². The number of fused-ring (bicyclic) bond motifs is 1. The molecule has 1 fully saturated rings. The zero-order valence-corrected chi connectivity index (χ0v) is 21.4. The molecule has 1 amide bonds. The second-order valence-electron chi connectivity index (χ2n) is 9.40. The quantitative estimate of drug-likeness (QED) is 0.413. The van der Waals surface area contributed by atoms with Crippen molar-refractivity contribution in [1.82, 2.24) is 29.7 Å². The summed E-state index contributed by atoms with van der Waals surface area (Å²) in [6, 6.07) is 6.62. The van der Waals surface area contributed by atoms with E-state index in [9.17, 15) is 14.0 Å². The van der Waals surface area contributed by atoms with Gasteiger partial charge in [0.1, 0.15) is 24.2 Å². The highest BCUT2D eigenvalue weighted by Gasteiger charge is 2.20. The number of nitrogens with zero attached hydrogens (tertiary/aromatic N) is 5. The van der Waals surface area contributed by atoms with Crippen LogP contribution in [0.3, 0.4) is 0 Å². The first-order valence-corrected chi connectivity index (χ1v) is 12.5. The molecule has 1 N–H and O–H groups in total. The minimum atomic E-state index is -0.756. The van der Waals surface area contributed by atoms with Crippen LogP contribution in [0.25, 0.3) is 22.6 Å². The van der Waals surface area contributed by atoms with Crippen molar-refractivity contribution in [2.24, 2.45) is 0 Å². The Kier molecular flexibility index (Phi) is 8.65. The maximum absolute atomic E-state index is 13.6. The highest BCUT2D eigenvalue weighted by molar-refractivity contribution is 5.80. The number of amides is 1. The first-order valence-electron chi connectivity index (χ1n) is 12.5. The monoisotopic (exact) mass is 512 g/mol. The first-order chi connectivity index (χ1) is 17.8. The summed E-state index contributed by atoms with van der Waals surface area (Å²) in [6.45, 7) is 5.99. The summed E-state index contributed by atoms with van der Waals surface area (Å²) in [5, 5.41) is 3.04. The molecule has 3 aromatic heterocycles. The van der Waals surface area contributed by atoms with Crippen LogP contribution in [-0.4, -0.2) is 75.9 Å². The minimum absolute atomic E-state index is 0.0857. The molecule has 0 aromatic carbocycles. The maximum atomic E-state index is 13.6. The van der Waals surface area contributed by atoms with Gasteiger partial charge in [-0.15, -0.1) is 0 Å². The minimum Gasteiger partial charge on any atom is -0.492 e. The van der Waals surface area contributed by atoms with Crippen LogP contribution in [0.4, 0.5) is 4.39 Å². The topological polar surface area (TPSA) is 111 Å². The van der Waals surface area contributed by atoms with Gasteiger partial charge >= 0.3 is 0 Å². The van der Waals surface area contributed by atoms with E-state index < -0.39 is 11.7 Å². The van der Waals surface area contributed by atoms with Gasteiger partial charge in [-0.2, -0.15) is 0 Å². The largest absolute Gasteiger partial charge is 0.492 e. The molecule has 1 atom stereocenters. The van der Waals surface area contributed by atoms with Crippen molar-refractivity contribution < 1.29 is 18.7 Å². The van der Waals surface area contributed by atoms with Gasteiger partial charge in [0.25, 0.3) is 5.56 Å². The van der Waals surface area contributed by atoms with Crippen molar-refractivity contribution in [3.8, 4) is 23.1 Å². The van der Waals surface area contributed by atoms with Gasteiger partial charge in [0.15, 0.2) is 11.5 Å². The van der Waals surface area contributed by atoms with Crippen LogP contribution in [0.5, 0.6) is 11.6 Å². The normalized spacial score (nSPS) is 16.2. The summed E-state index contributed by atoms with van der Waals surface area (Å²) < 4.78 is 25.9. The number of ether oxygens (including phenoxy) is 2. The smallest absolute Gasteiger partial charge is 0.263 e. The van der Waals surface area contributed by atoms with E-state index in [1.54, 1.807) is 24.3 Å². The molecule has 4 rings (SSSR count). The Bertz CT molecular complexity index is 1300. The molecule has 1 aliphatic heterocycles. The zero-order valence-electron chi connectivity index (χ0n) is 21.4. The fraction of sp³-hybridized carbons (Fsp3) is 0.500. The van der Waals surface area contributed by atoms with Crippen LogP contribution >= 0.6 is 0 Å². The number of carbonyl (C=O) groups is 1. The molecule has 198 valence electrons. The highest BCUT2D eigenvalue weighted by Crippen LogP contribution is 2.21. The highest BCUT2D eigenvalue weighted by atomic mass is 19.1. The Morgan fingerprint density at radius 3 is 2.89 bits per heavy atom. The number of alkyl halides is 1. The zero-order chi connectivity index (χ0) is 26.4. The molecule has 37 heavy (non-hydrogen) atoms. The van der Waals surface area contributed by atoms with Crippen LogP contribution in [-0.2, 0) is 11.3 Å². The number of piperidine rings is 1. The van der Waals surface area contributed by atoms with Gasteiger partial charge in [-0.3, -0.25) is 14.2 Å². The van der Waals surface area contributed by atoms with Crippen LogP contribution < -0.4 is 20.3 Å².